The number of hydrogen-bond donors (Lipinski definition) is 1. The first-order valence-corrected chi connectivity index (χ1v) is 8.97. The number of rotatable bonds is 7. The van der Waals surface area contributed by atoms with Crippen LogP contribution < -0.4 is 15.7 Å². The van der Waals surface area contributed by atoms with Crippen molar-refractivity contribution in [3.05, 3.63) is 70.3 Å². The maximum Gasteiger partial charge on any atom is 0.336 e. The molecule has 0 saturated heterocycles. The number of ether oxygens (including phenoxy) is 1. The Bertz CT molecular complexity index is 982. The number of carbonyl (C=O) groups excluding carboxylic acids is 1. The van der Waals surface area contributed by atoms with E-state index in [1.165, 1.54) is 6.07 Å². The molecule has 0 saturated carbocycles. The van der Waals surface area contributed by atoms with Gasteiger partial charge in [0.25, 0.3) is 5.91 Å². The minimum atomic E-state index is -0.690. The van der Waals surface area contributed by atoms with Crippen molar-refractivity contribution in [2.24, 2.45) is 0 Å². The van der Waals surface area contributed by atoms with E-state index in [0.717, 1.165) is 29.4 Å². The summed E-state index contributed by atoms with van der Waals surface area (Å²) >= 11 is 0. The van der Waals surface area contributed by atoms with Crippen LogP contribution in [0.2, 0.25) is 0 Å². The quantitative estimate of drug-likeness (QED) is 0.649. The predicted molar refractivity (Wildman–Crippen MR) is 103 cm³/mol. The van der Waals surface area contributed by atoms with Gasteiger partial charge in [0.15, 0.2) is 6.10 Å². The third kappa shape index (κ3) is 4.73. The maximum absolute atomic E-state index is 12.2. The number of hydrogen-bond acceptors (Lipinski definition) is 5. The van der Waals surface area contributed by atoms with Crippen LogP contribution in [0.1, 0.15) is 31.4 Å². The highest BCUT2D eigenvalue weighted by atomic mass is 16.5. The fraction of sp³-hybridized carbons (Fsp3) is 0.286. The van der Waals surface area contributed by atoms with Crippen LogP contribution in [0.4, 0.5) is 0 Å². The highest BCUT2D eigenvalue weighted by Crippen LogP contribution is 2.24. The highest BCUT2D eigenvalue weighted by molar-refractivity contribution is 5.83. The third-order valence-corrected chi connectivity index (χ3v) is 4.19. The van der Waals surface area contributed by atoms with Crippen molar-refractivity contribution in [2.45, 2.75) is 39.3 Å². The van der Waals surface area contributed by atoms with Gasteiger partial charge in [0.2, 0.25) is 0 Å². The van der Waals surface area contributed by atoms with Gasteiger partial charge in [-0.25, -0.2) is 4.79 Å². The molecule has 6 heteroatoms. The number of benzene rings is 1. The zero-order valence-electron chi connectivity index (χ0n) is 15.4. The minimum absolute atomic E-state index is 0.236. The van der Waals surface area contributed by atoms with Crippen LogP contribution in [-0.2, 0) is 17.8 Å². The molecule has 1 unspecified atom stereocenters. The fourth-order valence-electron chi connectivity index (χ4n) is 2.85. The highest BCUT2D eigenvalue weighted by Gasteiger charge is 2.15. The number of aromatic nitrogens is 1. The summed E-state index contributed by atoms with van der Waals surface area (Å²) in [5, 5.41) is 3.70. The summed E-state index contributed by atoms with van der Waals surface area (Å²) in [4.78, 5) is 28.0. The lowest BCUT2D eigenvalue weighted by molar-refractivity contribution is -0.127. The van der Waals surface area contributed by atoms with Gasteiger partial charge in [0, 0.05) is 36.5 Å². The van der Waals surface area contributed by atoms with Gasteiger partial charge in [0.05, 0.1) is 0 Å². The van der Waals surface area contributed by atoms with Crippen LogP contribution in [0.3, 0.4) is 0 Å². The standard InChI is InChI=1S/C21H22N2O4/c1-3-5-16-10-20(24)27-19-11-17(7-8-18(16)19)26-14(2)21(25)23-13-15-6-4-9-22-12-15/h4,6-12,14H,3,5,13H2,1-2H3,(H,23,25). The van der Waals surface area contributed by atoms with E-state index < -0.39 is 6.10 Å². The average molecular weight is 366 g/mol. The van der Waals surface area contributed by atoms with E-state index in [1.807, 2.05) is 18.2 Å². The van der Waals surface area contributed by atoms with Crippen molar-refractivity contribution in [3.8, 4) is 5.75 Å². The number of amides is 1. The summed E-state index contributed by atoms with van der Waals surface area (Å²) < 4.78 is 11.0. The van der Waals surface area contributed by atoms with Gasteiger partial charge in [-0.3, -0.25) is 9.78 Å². The van der Waals surface area contributed by atoms with E-state index >= 15 is 0 Å². The molecule has 6 nitrogen and oxygen atoms in total. The van der Waals surface area contributed by atoms with Crippen LogP contribution >= 0.6 is 0 Å². The van der Waals surface area contributed by atoms with Crippen molar-refractivity contribution in [1.29, 1.82) is 0 Å². The van der Waals surface area contributed by atoms with Gasteiger partial charge in [-0.15, -0.1) is 0 Å². The summed E-state index contributed by atoms with van der Waals surface area (Å²) in [5.74, 6) is 0.239. The number of nitrogens with zero attached hydrogens (tertiary/aromatic N) is 1. The van der Waals surface area contributed by atoms with Crippen LogP contribution in [0.15, 0.2) is 58.0 Å². The molecule has 0 bridgehead atoms. The summed E-state index contributed by atoms with van der Waals surface area (Å²) in [5.41, 5.74) is 1.95. The molecule has 27 heavy (non-hydrogen) atoms. The second-order valence-electron chi connectivity index (χ2n) is 6.34. The molecule has 0 fully saturated rings. The van der Waals surface area contributed by atoms with E-state index in [2.05, 4.69) is 17.2 Å². The van der Waals surface area contributed by atoms with Gasteiger partial charge in [0.1, 0.15) is 11.3 Å². The Kier molecular flexibility index (Phi) is 5.86. The lowest BCUT2D eigenvalue weighted by Gasteiger charge is -2.15. The van der Waals surface area contributed by atoms with Crippen LogP contribution in [0, 0.1) is 0 Å². The maximum atomic E-state index is 12.2. The Morgan fingerprint density at radius 3 is 2.89 bits per heavy atom. The molecule has 3 aromatic rings. The Labute approximate surface area is 157 Å². The third-order valence-electron chi connectivity index (χ3n) is 4.19. The predicted octanol–water partition coefficient (Wildman–Crippen LogP) is 3.22. The summed E-state index contributed by atoms with van der Waals surface area (Å²) in [6.45, 7) is 4.11. The van der Waals surface area contributed by atoms with Gasteiger partial charge < -0.3 is 14.5 Å². The van der Waals surface area contributed by atoms with E-state index in [1.54, 1.807) is 31.5 Å². The lowest BCUT2D eigenvalue weighted by Crippen LogP contribution is -2.35. The van der Waals surface area contributed by atoms with E-state index in [9.17, 15) is 9.59 Å². The van der Waals surface area contributed by atoms with Crippen LogP contribution in [-0.4, -0.2) is 17.0 Å². The zero-order chi connectivity index (χ0) is 19.2. The molecule has 1 aromatic carbocycles. The second kappa shape index (κ2) is 8.49. The molecule has 0 aliphatic carbocycles. The number of nitrogens with one attached hydrogen (secondary N) is 1. The number of carbonyl (C=O) groups is 1. The molecule has 1 atom stereocenters. The zero-order valence-corrected chi connectivity index (χ0v) is 15.4. The van der Waals surface area contributed by atoms with Crippen molar-refractivity contribution in [1.82, 2.24) is 10.3 Å². The summed E-state index contributed by atoms with van der Waals surface area (Å²) in [7, 11) is 0. The summed E-state index contributed by atoms with van der Waals surface area (Å²) in [6, 6.07) is 10.5. The number of aryl methyl sites for hydroxylation is 1. The molecule has 3 rings (SSSR count). The average Bonchev–Trinajstić information content (AvgIpc) is 2.66. The first-order valence-electron chi connectivity index (χ1n) is 8.97. The van der Waals surface area contributed by atoms with Gasteiger partial charge in [-0.1, -0.05) is 19.4 Å². The molecule has 2 heterocycles. The largest absolute Gasteiger partial charge is 0.481 e. The lowest BCUT2D eigenvalue weighted by atomic mass is 10.1. The minimum Gasteiger partial charge on any atom is -0.481 e. The van der Waals surface area contributed by atoms with Crippen molar-refractivity contribution in [2.75, 3.05) is 0 Å². The van der Waals surface area contributed by atoms with Crippen molar-refractivity contribution in [3.63, 3.8) is 0 Å². The molecular formula is C21H22N2O4. The normalized spacial score (nSPS) is 11.9. The monoisotopic (exact) mass is 366 g/mol. The Hall–Kier alpha value is -3.15. The Balaban J connectivity index is 1.70. The summed E-state index contributed by atoms with van der Waals surface area (Å²) in [6.07, 6.45) is 4.43. The van der Waals surface area contributed by atoms with Crippen molar-refractivity contribution >= 4 is 16.9 Å². The fourth-order valence-corrected chi connectivity index (χ4v) is 2.85. The number of pyridine rings is 1. The van der Waals surface area contributed by atoms with Crippen LogP contribution in [0.25, 0.3) is 11.0 Å². The van der Waals surface area contributed by atoms with E-state index in [-0.39, 0.29) is 11.5 Å². The van der Waals surface area contributed by atoms with Gasteiger partial charge in [-0.05, 0) is 42.7 Å². The Morgan fingerprint density at radius 2 is 2.15 bits per heavy atom. The smallest absolute Gasteiger partial charge is 0.336 e. The van der Waals surface area contributed by atoms with Crippen molar-refractivity contribution < 1.29 is 13.9 Å². The second-order valence-corrected chi connectivity index (χ2v) is 6.34. The first kappa shape index (κ1) is 18.6. The van der Waals surface area contributed by atoms with E-state index in [4.69, 9.17) is 9.15 Å². The van der Waals surface area contributed by atoms with Gasteiger partial charge in [-0.2, -0.15) is 0 Å². The van der Waals surface area contributed by atoms with Crippen LogP contribution in [0.5, 0.6) is 5.75 Å². The SMILES string of the molecule is CCCc1cc(=O)oc2cc(OC(C)C(=O)NCc3cccnc3)ccc12. The molecule has 0 aliphatic heterocycles. The van der Waals surface area contributed by atoms with E-state index in [0.29, 0.717) is 17.9 Å². The molecule has 0 spiro atoms. The Morgan fingerprint density at radius 1 is 1.30 bits per heavy atom. The first-order chi connectivity index (χ1) is 13.1. The molecule has 0 aliphatic rings. The van der Waals surface area contributed by atoms with Gasteiger partial charge >= 0.3 is 5.63 Å². The molecule has 0 radical (unpaired) electrons. The molecule has 1 N–H and O–H groups in total. The topological polar surface area (TPSA) is 81.4 Å². The molecule has 1 amide bonds. The molecular weight excluding hydrogens is 344 g/mol. The molecule has 2 aromatic heterocycles. The molecule has 140 valence electrons. The number of fused-ring (bicyclic) bond motifs is 1.